The quantitative estimate of drug-likeness (QED) is 0.498. The number of hydrazine groups is 1. The molecule has 2 rings (SSSR count). The summed E-state index contributed by atoms with van der Waals surface area (Å²) in [5, 5.41) is 10.9. The minimum atomic E-state index is -0.901. The molecule has 0 saturated heterocycles. The summed E-state index contributed by atoms with van der Waals surface area (Å²) in [4.78, 5) is 17.1. The van der Waals surface area contributed by atoms with Crippen LogP contribution in [-0.2, 0) is 0 Å². The first kappa shape index (κ1) is 13.5. The molecule has 1 aromatic carbocycles. The van der Waals surface area contributed by atoms with E-state index in [9.17, 15) is 18.9 Å². The highest BCUT2D eigenvalue weighted by molar-refractivity contribution is 5.61. The van der Waals surface area contributed by atoms with Crippen LogP contribution in [0.1, 0.15) is 0 Å². The fourth-order valence-electron chi connectivity index (χ4n) is 1.37. The molecule has 0 aliphatic carbocycles. The first-order chi connectivity index (χ1) is 9.52. The maximum Gasteiger partial charge on any atom is 0.374 e. The van der Waals surface area contributed by atoms with Crippen LogP contribution in [0.3, 0.4) is 0 Å². The third-order valence-electron chi connectivity index (χ3n) is 2.21. The van der Waals surface area contributed by atoms with Gasteiger partial charge in [-0.2, -0.15) is 4.98 Å². The molecule has 20 heavy (non-hydrogen) atoms. The SMILES string of the molecule is NNc1ncnc(Oc2cc(F)ccc2F)c1[N+](=O)[O-]. The normalized spacial score (nSPS) is 10.2. The maximum absolute atomic E-state index is 13.4. The molecular formula is C10H7F2N5O3. The lowest BCUT2D eigenvalue weighted by Gasteiger charge is -2.07. The van der Waals surface area contributed by atoms with Gasteiger partial charge in [0, 0.05) is 6.07 Å². The zero-order chi connectivity index (χ0) is 14.7. The molecule has 0 radical (unpaired) electrons. The number of nitro groups is 1. The van der Waals surface area contributed by atoms with Crippen molar-refractivity contribution in [2.75, 3.05) is 5.43 Å². The van der Waals surface area contributed by atoms with Crippen molar-refractivity contribution in [3.63, 3.8) is 0 Å². The number of aromatic nitrogens is 2. The molecule has 10 heteroatoms. The summed E-state index contributed by atoms with van der Waals surface area (Å²) in [5.41, 5.74) is 1.29. The lowest BCUT2D eigenvalue weighted by Crippen LogP contribution is -2.12. The van der Waals surface area contributed by atoms with Crippen LogP contribution in [0.25, 0.3) is 0 Å². The lowest BCUT2D eigenvalue weighted by atomic mass is 10.3. The van der Waals surface area contributed by atoms with E-state index in [0.29, 0.717) is 0 Å². The Morgan fingerprint density at radius 3 is 2.75 bits per heavy atom. The molecule has 1 aromatic heterocycles. The van der Waals surface area contributed by atoms with E-state index in [4.69, 9.17) is 10.6 Å². The first-order valence-corrected chi connectivity index (χ1v) is 5.12. The van der Waals surface area contributed by atoms with Crippen molar-refractivity contribution in [3.8, 4) is 11.6 Å². The van der Waals surface area contributed by atoms with Crippen LogP contribution >= 0.6 is 0 Å². The number of rotatable bonds is 4. The number of halogens is 2. The summed E-state index contributed by atoms with van der Waals surface area (Å²) in [6.45, 7) is 0. The van der Waals surface area contributed by atoms with Crippen molar-refractivity contribution in [2.45, 2.75) is 0 Å². The second-order valence-electron chi connectivity index (χ2n) is 3.45. The van der Waals surface area contributed by atoms with E-state index in [1.165, 1.54) is 0 Å². The number of nitrogen functional groups attached to an aromatic ring is 1. The van der Waals surface area contributed by atoms with Gasteiger partial charge in [-0.1, -0.05) is 0 Å². The van der Waals surface area contributed by atoms with Crippen molar-refractivity contribution in [1.29, 1.82) is 0 Å². The molecule has 0 amide bonds. The predicted molar refractivity (Wildman–Crippen MR) is 62.9 cm³/mol. The minimum absolute atomic E-state index is 0.322. The van der Waals surface area contributed by atoms with Crippen molar-refractivity contribution in [2.24, 2.45) is 5.84 Å². The number of hydrogen-bond acceptors (Lipinski definition) is 7. The van der Waals surface area contributed by atoms with Crippen LogP contribution in [-0.4, -0.2) is 14.9 Å². The second-order valence-corrected chi connectivity index (χ2v) is 3.45. The van der Waals surface area contributed by atoms with Crippen LogP contribution in [0, 0.1) is 21.7 Å². The summed E-state index contributed by atoms with van der Waals surface area (Å²) in [6, 6.07) is 2.43. The summed E-state index contributed by atoms with van der Waals surface area (Å²) >= 11 is 0. The Morgan fingerprint density at radius 1 is 1.35 bits per heavy atom. The summed E-state index contributed by atoms with van der Waals surface area (Å²) in [7, 11) is 0. The molecule has 104 valence electrons. The molecule has 0 saturated carbocycles. The Bertz CT molecular complexity index is 667. The highest BCUT2D eigenvalue weighted by Gasteiger charge is 2.25. The monoisotopic (exact) mass is 283 g/mol. The number of ether oxygens (including phenoxy) is 1. The number of nitrogens with zero attached hydrogens (tertiary/aromatic N) is 3. The van der Waals surface area contributed by atoms with Gasteiger partial charge in [0.05, 0.1) is 4.92 Å². The zero-order valence-corrected chi connectivity index (χ0v) is 9.71. The Labute approximate surface area is 110 Å². The Hall–Kier alpha value is -2.88. The number of nitrogens with two attached hydrogens (primary N) is 1. The number of benzene rings is 1. The fraction of sp³-hybridized carbons (Fsp3) is 0. The number of anilines is 1. The second kappa shape index (κ2) is 5.40. The van der Waals surface area contributed by atoms with Gasteiger partial charge in [0.2, 0.25) is 5.82 Å². The molecule has 0 spiro atoms. The highest BCUT2D eigenvalue weighted by atomic mass is 19.1. The average molecular weight is 283 g/mol. The molecule has 8 nitrogen and oxygen atoms in total. The van der Waals surface area contributed by atoms with E-state index in [1.54, 1.807) is 0 Å². The minimum Gasteiger partial charge on any atom is -0.430 e. The smallest absolute Gasteiger partial charge is 0.374 e. The van der Waals surface area contributed by atoms with E-state index in [0.717, 1.165) is 24.5 Å². The molecule has 0 atom stereocenters. The van der Waals surface area contributed by atoms with Gasteiger partial charge in [-0.05, 0) is 12.1 Å². The van der Waals surface area contributed by atoms with E-state index in [1.807, 2.05) is 5.43 Å². The van der Waals surface area contributed by atoms with Gasteiger partial charge in [0.15, 0.2) is 11.6 Å². The Morgan fingerprint density at radius 2 is 2.10 bits per heavy atom. The average Bonchev–Trinajstić information content (AvgIpc) is 2.42. The zero-order valence-electron chi connectivity index (χ0n) is 9.71. The number of nitrogens with one attached hydrogen (secondary N) is 1. The molecule has 0 bridgehead atoms. The predicted octanol–water partition coefficient (Wildman–Crippen LogP) is 1.74. The lowest BCUT2D eigenvalue weighted by molar-refractivity contribution is -0.385. The van der Waals surface area contributed by atoms with Crippen LogP contribution in [0.2, 0.25) is 0 Å². The van der Waals surface area contributed by atoms with E-state index in [-0.39, 0.29) is 5.82 Å². The van der Waals surface area contributed by atoms with Crippen molar-refractivity contribution >= 4 is 11.5 Å². The molecule has 0 fully saturated rings. The van der Waals surface area contributed by atoms with Gasteiger partial charge < -0.3 is 10.2 Å². The highest BCUT2D eigenvalue weighted by Crippen LogP contribution is 2.34. The number of hydrogen-bond donors (Lipinski definition) is 2. The first-order valence-electron chi connectivity index (χ1n) is 5.12. The molecule has 0 aliphatic heterocycles. The summed E-state index contributed by atoms with van der Waals surface area (Å²) in [6.07, 6.45) is 0.925. The van der Waals surface area contributed by atoms with E-state index in [2.05, 4.69) is 9.97 Å². The third-order valence-corrected chi connectivity index (χ3v) is 2.21. The largest absolute Gasteiger partial charge is 0.430 e. The summed E-state index contributed by atoms with van der Waals surface area (Å²) in [5.74, 6) is 1.96. The molecule has 2 aromatic rings. The fourth-order valence-corrected chi connectivity index (χ4v) is 1.37. The molecule has 0 unspecified atom stereocenters. The molecular weight excluding hydrogens is 276 g/mol. The van der Waals surface area contributed by atoms with Crippen LogP contribution in [0.5, 0.6) is 11.6 Å². The van der Waals surface area contributed by atoms with Crippen molar-refractivity contribution < 1.29 is 18.4 Å². The van der Waals surface area contributed by atoms with Gasteiger partial charge in [0.1, 0.15) is 12.1 Å². The van der Waals surface area contributed by atoms with Crippen molar-refractivity contribution in [1.82, 2.24) is 9.97 Å². The molecule has 1 heterocycles. The van der Waals surface area contributed by atoms with Crippen LogP contribution < -0.4 is 16.0 Å². The standard InChI is InChI=1S/C10H7F2N5O3/c11-5-1-2-6(12)7(3-5)20-10-8(17(18)19)9(16-13)14-4-15-10/h1-4H,13H2,(H,14,15,16). The molecule has 0 aliphatic rings. The van der Waals surface area contributed by atoms with E-state index >= 15 is 0 Å². The van der Waals surface area contributed by atoms with Gasteiger partial charge in [0.25, 0.3) is 0 Å². The van der Waals surface area contributed by atoms with Crippen LogP contribution in [0.4, 0.5) is 20.3 Å². The third kappa shape index (κ3) is 2.59. The van der Waals surface area contributed by atoms with Crippen molar-refractivity contribution in [3.05, 3.63) is 46.3 Å². The Kier molecular flexibility index (Phi) is 3.66. The Balaban J connectivity index is 2.48. The van der Waals surface area contributed by atoms with Crippen LogP contribution in [0.15, 0.2) is 24.5 Å². The van der Waals surface area contributed by atoms with Gasteiger partial charge in [-0.15, -0.1) is 0 Å². The topological polar surface area (TPSA) is 116 Å². The van der Waals surface area contributed by atoms with Gasteiger partial charge in [-0.3, -0.25) is 10.1 Å². The van der Waals surface area contributed by atoms with Gasteiger partial charge >= 0.3 is 11.6 Å². The summed E-state index contributed by atoms with van der Waals surface area (Å²) < 4.78 is 31.4. The van der Waals surface area contributed by atoms with E-state index < -0.39 is 33.9 Å². The maximum atomic E-state index is 13.4. The van der Waals surface area contributed by atoms with Gasteiger partial charge in [-0.25, -0.2) is 19.6 Å². The molecule has 3 N–H and O–H groups in total.